The van der Waals surface area contributed by atoms with E-state index in [2.05, 4.69) is 10.2 Å². The maximum absolute atomic E-state index is 11.2. The Morgan fingerprint density at radius 1 is 1.12 bits per heavy atom. The number of ketones is 1. The Hall–Kier alpha value is -2.60. The zero-order chi connectivity index (χ0) is 18.4. The van der Waals surface area contributed by atoms with Gasteiger partial charge in [0, 0.05) is 12.0 Å². The number of benzene rings is 2. The van der Waals surface area contributed by atoms with Gasteiger partial charge in [-0.3, -0.25) is 4.79 Å². The second-order valence-electron chi connectivity index (χ2n) is 5.82. The van der Waals surface area contributed by atoms with Gasteiger partial charge in [-0.15, -0.1) is 16.9 Å². The molecule has 6 heteroatoms. The summed E-state index contributed by atoms with van der Waals surface area (Å²) in [5.41, 5.74) is 2.76. The van der Waals surface area contributed by atoms with Crippen molar-refractivity contribution in [2.45, 2.75) is 20.0 Å². The van der Waals surface area contributed by atoms with Crippen molar-refractivity contribution in [3.8, 4) is 11.5 Å². The van der Waals surface area contributed by atoms with Crippen LogP contribution in [0.1, 0.15) is 24.5 Å². The van der Waals surface area contributed by atoms with Crippen LogP contribution in [-0.2, 0) is 11.4 Å². The number of carbonyl (C=O) groups is 1. The van der Waals surface area contributed by atoms with Crippen LogP contribution in [-0.4, -0.2) is 29.4 Å². The van der Waals surface area contributed by atoms with Gasteiger partial charge in [0.25, 0.3) is 0 Å². The van der Waals surface area contributed by atoms with Crippen LogP contribution >= 0.6 is 11.8 Å². The lowest BCUT2D eigenvalue weighted by atomic mass is 10.1. The zero-order valence-electron chi connectivity index (χ0n) is 14.8. The number of methoxy groups -OCH3 is 1. The van der Waals surface area contributed by atoms with Crippen molar-refractivity contribution in [1.82, 2.24) is 0 Å². The van der Waals surface area contributed by atoms with E-state index in [1.165, 1.54) is 11.8 Å². The third-order valence-corrected chi connectivity index (χ3v) is 4.89. The minimum atomic E-state index is 0.124. The van der Waals surface area contributed by atoms with Crippen molar-refractivity contribution in [2.24, 2.45) is 10.2 Å². The van der Waals surface area contributed by atoms with Gasteiger partial charge in [0.1, 0.15) is 17.4 Å². The predicted octanol–water partition coefficient (Wildman–Crippen LogP) is 4.10. The average molecular weight is 368 g/mol. The Labute approximate surface area is 157 Å². The SMILES string of the molecule is COc1cccc(C2=NN=C(SCC(C)=O)C2)c1OCc1ccccc1. The summed E-state index contributed by atoms with van der Waals surface area (Å²) in [6.45, 7) is 2.01. The fourth-order valence-corrected chi connectivity index (χ4v) is 3.23. The molecule has 0 atom stereocenters. The molecule has 0 unspecified atom stereocenters. The Morgan fingerprint density at radius 3 is 2.65 bits per heavy atom. The number of thioether (sulfide) groups is 1. The molecule has 0 saturated carbocycles. The highest BCUT2D eigenvalue weighted by Crippen LogP contribution is 2.34. The van der Waals surface area contributed by atoms with Gasteiger partial charge in [0.15, 0.2) is 11.5 Å². The highest BCUT2D eigenvalue weighted by Gasteiger charge is 2.21. The number of nitrogens with zero attached hydrogens (tertiary/aromatic N) is 2. The molecule has 0 radical (unpaired) electrons. The molecule has 2 aromatic rings. The first-order valence-electron chi connectivity index (χ1n) is 8.27. The van der Waals surface area contributed by atoms with Crippen LogP contribution in [0.5, 0.6) is 11.5 Å². The molecule has 0 aromatic heterocycles. The molecule has 3 rings (SSSR count). The third kappa shape index (κ3) is 4.52. The van der Waals surface area contributed by atoms with Crippen molar-refractivity contribution in [1.29, 1.82) is 0 Å². The number of rotatable bonds is 7. The summed E-state index contributed by atoms with van der Waals surface area (Å²) < 4.78 is 11.5. The summed E-state index contributed by atoms with van der Waals surface area (Å²) in [5, 5.41) is 9.33. The lowest BCUT2D eigenvalue weighted by molar-refractivity contribution is -0.114. The monoisotopic (exact) mass is 368 g/mol. The van der Waals surface area contributed by atoms with E-state index in [0.717, 1.165) is 21.9 Å². The van der Waals surface area contributed by atoms with Gasteiger partial charge in [-0.1, -0.05) is 36.4 Å². The molecule has 1 aliphatic rings. The molecule has 26 heavy (non-hydrogen) atoms. The zero-order valence-corrected chi connectivity index (χ0v) is 15.6. The fourth-order valence-electron chi connectivity index (χ4n) is 2.53. The van der Waals surface area contributed by atoms with Gasteiger partial charge < -0.3 is 9.47 Å². The molecule has 5 nitrogen and oxygen atoms in total. The van der Waals surface area contributed by atoms with Crippen LogP contribution in [0.4, 0.5) is 0 Å². The summed E-state index contributed by atoms with van der Waals surface area (Å²) in [4.78, 5) is 11.2. The van der Waals surface area contributed by atoms with Crippen LogP contribution in [0.25, 0.3) is 0 Å². The van der Waals surface area contributed by atoms with E-state index in [1.807, 2.05) is 48.5 Å². The Bertz CT molecular complexity index is 847. The highest BCUT2D eigenvalue weighted by atomic mass is 32.2. The highest BCUT2D eigenvalue weighted by molar-refractivity contribution is 8.14. The number of hydrogen-bond donors (Lipinski definition) is 0. The minimum Gasteiger partial charge on any atom is -0.493 e. The smallest absolute Gasteiger partial charge is 0.170 e. The molecule has 0 fully saturated rings. The molecule has 1 heterocycles. The van der Waals surface area contributed by atoms with Gasteiger partial charge in [-0.05, 0) is 24.6 Å². The summed E-state index contributed by atoms with van der Waals surface area (Å²) in [6.07, 6.45) is 0.590. The van der Waals surface area contributed by atoms with E-state index in [-0.39, 0.29) is 5.78 Å². The van der Waals surface area contributed by atoms with E-state index < -0.39 is 0 Å². The van der Waals surface area contributed by atoms with Gasteiger partial charge in [0.2, 0.25) is 0 Å². The Balaban J connectivity index is 1.76. The second kappa shape index (κ2) is 8.67. The van der Waals surface area contributed by atoms with Gasteiger partial charge in [-0.25, -0.2) is 0 Å². The van der Waals surface area contributed by atoms with Crippen molar-refractivity contribution >= 4 is 28.3 Å². The van der Waals surface area contributed by atoms with E-state index in [0.29, 0.717) is 30.3 Å². The topological polar surface area (TPSA) is 60.2 Å². The Kier molecular flexibility index (Phi) is 6.07. The number of para-hydroxylation sites is 1. The predicted molar refractivity (Wildman–Crippen MR) is 105 cm³/mol. The molecule has 0 spiro atoms. The van der Waals surface area contributed by atoms with E-state index in [1.54, 1.807) is 14.0 Å². The van der Waals surface area contributed by atoms with Crippen LogP contribution in [0.3, 0.4) is 0 Å². The maximum atomic E-state index is 11.2. The van der Waals surface area contributed by atoms with Crippen molar-refractivity contribution < 1.29 is 14.3 Å². The van der Waals surface area contributed by atoms with Gasteiger partial charge in [-0.2, -0.15) is 5.10 Å². The number of Topliss-reactive ketones (excluding diaryl/α,β-unsaturated/α-hetero) is 1. The van der Waals surface area contributed by atoms with Gasteiger partial charge in [0.05, 0.1) is 18.6 Å². The largest absolute Gasteiger partial charge is 0.493 e. The first-order valence-corrected chi connectivity index (χ1v) is 9.25. The van der Waals surface area contributed by atoms with Crippen LogP contribution in [0, 0.1) is 0 Å². The van der Waals surface area contributed by atoms with Crippen LogP contribution in [0.15, 0.2) is 58.7 Å². The first kappa shape index (κ1) is 18.2. The third-order valence-electron chi connectivity index (χ3n) is 3.78. The molecular formula is C20H20N2O3S. The summed E-state index contributed by atoms with van der Waals surface area (Å²) in [7, 11) is 1.62. The summed E-state index contributed by atoms with van der Waals surface area (Å²) in [5.74, 6) is 1.85. The average Bonchev–Trinajstić information content (AvgIpc) is 3.14. The fraction of sp³-hybridized carbons (Fsp3) is 0.250. The Morgan fingerprint density at radius 2 is 1.92 bits per heavy atom. The molecule has 0 N–H and O–H groups in total. The maximum Gasteiger partial charge on any atom is 0.170 e. The molecule has 1 aliphatic heterocycles. The van der Waals surface area contributed by atoms with E-state index in [9.17, 15) is 4.79 Å². The molecule has 0 bridgehead atoms. The van der Waals surface area contributed by atoms with Crippen LogP contribution in [0.2, 0.25) is 0 Å². The van der Waals surface area contributed by atoms with E-state index in [4.69, 9.17) is 9.47 Å². The van der Waals surface area contributed by atoms with Gasteiger partial charge >= 0.3 is 0 Å². The van der Waals surface area contributed by atoms with Crippen molar-refractivity contribution in [3.63, 3.8) is 0 Å². The standard InChI is InChI=1S/C20H20N2O3S/c1-14(23)13-26-19-11-17(21-22-19)16-9-6-10-18(24-2)20(16)25-12-15-7-4-3-5-8-15/h3-10H,11-13H2,1-2H3. The van der Waals surface area contributed by atoms with E-state index >= 15 is 0 Å². The quantitative estimate of drug-likeness (QED) is 0.738. The lowest BCUT2D eigenvalue weighted by Crippen LogP contribution is -2.08. The summed E-state index contributed by atoms with van der Waals surface area (Å²) >= 11 is 1.43. The van der Waals surface area contributed by atoms with Crippen LogP contribution < -0.4 is 9.47 Å². The molecule has 134 valence electrons. The second-order valence-corrected chi connectivity index (χ2v) is 6.87. The summed E-state index contributed by atoms with van der Waals surface area (Å²) in [6, 6.07) is 15.7. The first-order chi connectivity index (χ1) is 12.7. The molecule has 2 aromatic carbocycles. The molecular weight excluding hydrogens is 348 g/mol. The number of carbonyl (C=O) groups excluding carboxylic acids is 1. The minimum absolute atomic E-state index is 0.124. The lowest BCUT2D eigenvalue weighted by Gasteiger charge is -2.15. The van der Waals surface area contributed by atoms with Crippen molar-refractivity contribution in [3.05, 3.63) is 59.7 Å². The molecule has 0 saturated heterocycles. The van der Waals surface area contributed by atoms with Crippen molar-refractivity contribution in [2.75, 3.05) is 12.9 Å². The number of ether oxygens (including phenoxy) is 2. The molecule has 0 aliphatic carbocycles. The molecule has 0 amide bonds. The number of hydrogen-bond acceptors (Lipinski definition) is 6. The normalized spacial score (nSPS) is 13.2.